The molecule has 1 aromatic carbocycles. The number of nitrogens with zero attached hydrogens (tertiary/aromatic N) is 1. The van der Waals surface area contributed by atoms with Gasteiger partial charge in [0.2, 0.25) is 5.88 Å². The third-order valence-corrected chi connectivity index (χ3v) is 2.60. The van der Waals surface area contributed by atoms with Gasteiger partial charge in [-0.2, -0.15) is 0 Å². The van der Waals surface area contributed by atoms with E-state index in [4.69, 9.17) is 4.74 Å². The summed E-state index contributed by atoms with van der Waals surface area (Å²) in [6, 6.07) is 10.9. The molecular weight excluding hydrogens is 228 g/mol. The number of nitrogens with one attached hydrogen (secondary N) is 1. The molecule has 1 heterocycles. The molecule has 0 radical (unpaired) electrons. The lowest BCUT2D eigenvalue weighted by Gasteiger charge is -2.08. The number of carbonyl (C=O) groups excluding carboxylic acids is 1. The Labute approximate surface area is 106 Å². The van der Waals surface area contributed by atoms with Crippen molar-refractivity contribution in [1.82, 2.24) is 4.98 Å². The number of aromatic nitrogens is 1. The number of hydrogen-bond donors (Lipinski definition) is 1. The summed E-state index contributed by atoms with van der Waals surface area (Å²) in [6.45, 7) is 1.95. The molecule has 18 heavy (non-hydrogen) atoms. The minimum Gasteiger partial charge on any atom is -0.481 e. The maximum Gasteiger partial charge on any atom is 0.255 e. The first-order chi connectivity index (χ1) is 8.70. The average molecular weight is 242 g/mol. The van der Waals surface area contributed by atoms with Crippen LogP contribution in [-0.2, 0) is 0 Å². The van der Waals surface area contributed by atoms with Crippen molar-refractivity contribution in [2.75, 3.05) is 12.4 Å². The predicted octanol–water partition coefficient (Wildman–Crippen LogP) is 2.65. The summed E-state index contributed by atoms with van der Waals surface area (Å²) in [7, 11) is 1.52. The number of ether oxygens (including phenoxy) is 1. The lowest BCUT2D eigenvalue weighted by atomic mass is 10.2. The van der Waals surface area contributed by atoms with Crippen LogP contribution >= 0.6 is 0 Å². The molecule has 0 fully saturated rings. The van der Waals surface area contributed by atoms with Crippen LogP contribution in [0.2, 0.25) is 0 Å². The number of pyridine rings is 1. The van der Waals surface area contributed by atoms with E-state index in [1.807, 2.05) is 31.2 Å². The van der Waals surface area contributed by atoms with Crippen molar-refractivity contribution in [3.63, 3.8) is 0 Å². The van der Waals surface area contributed by atoms with E-state index in [-0.39, 0.29) is 5.91 Å². The fraction of sp³-hybridized carbons (Fsp3) is 0.143. The number of hydrogen-bond acceptors (Lipinski definition) is 3. The lowest BCUT2D eigenvalue weighted by molar-refractivity contribution is 0.102. The number of carbonyl (C=O) groups is 1. The Morgan fingerprint density at radius 2 is 2.06 bits per heavy atom. The molecule has 2 rings (SSSR count). The summed E-state index contributed by atoms with van der Waals surface area (Å²) < 4.78 is 4.99. The highest BCUT2D eigenvalue weighted by Crippen LogP contribution is 2.15. The van der Waals surface area contributed by atoms with E-state index >= 15 is 0 Å². The molecule has 92 valence electrons. The Kier molecular flexibility index (Phi) is 3.57. The van der Waals surface area contributed by atoms with Gasteiger partial charge in [0.1, 0.15) is 0 Å². The van der Waals surface area contributed by atoms with Crippen molar-refractivity contribution in [3.05, 3.63) is 53.7 Å². The van der Waals surface area contributed by atoms with Gasteiger partial charge in [0.25, 0.3) is 5.91 Å². The first-order valence-corrected chi connectivity index (χ1v) is 5.58. The summed E-state index contributed by atoms with van der Waals surface area (Å²) >= 11 is 0. The third-order valence-electron chi connectivity index (χ3n) is 2.60. The predicted molar refractivity (Wildman–Crippen MR) is 69.9 cm³/mol. The van der Waals surface area contributed by atoms with Crippen LogP contribution in [0.3, 0.4) is 0 Å². The number of methoxy groups -OCH3 is 1. The largest absolute Gasteiger partial charge is 0.481 e. The van der Waals surface area contributed by atoms with E-state index in [9.17, 15) is 4.79 Å². The normalized spacial score (nSPS) is 9.89. The SMILES string of the molecule is COc1cc(C(=O)Nc2ccccc2C)ccn1. The highest BCUT2D eigenvalue weighted by atomic mass is 16.5. The van der Waals surface area contributed by atoms with Crippen LogP contribution < -0.4 is 10.1 Å². The second kappa shape index (κ2) is 5.31. The van der Waals surface area contributed by atoms with Gasteiger partial charge in [-0.3, -0.25) is 4.79 Å². The maximum absolute atomic E-state index is 12.0. The van der Waals surface area contributed by atoms with Crippen molar-refractivity contribution < 1.29 is 9.53 Å². The van der Waals surface area contributed by atoms with E-state index in [0.717, 1.165) is 11.3 Å². The van der Waals surface area contributed by atoms with Gasteiger partial charge in [-0.1, -0.05) is 18.2 Å². The highest BCUT2D eigenvalue weighted by Gasteiger charge is 2.08. The van der Waals surface area contributed by atoms with Crippen LogP contribution in [-0.4, -0.2) is 18.0 Å². The van der Waals surface area contributed by atoms with E-state index in [1.54, 1.807) is 18.3 Å². The number of aryl methyl sites for hydroxylation is 1. The lowest BCUT2D eigenvalue weighted by Crippen LogP contribution is -2.12. The molecule has 4 heteroatoms. The standard InChI is InChI=1S/C14H14N2O2/c1-10-5-3-4-6-12(10)16-14(17)11-7-8-15-13(9-11)18-2/h3-9H,1-2H3,(H,16,17). The minimum absolute atomic E-state index is 0.176. The van der Waals surface area contributed by atoms with Gasteiger partial charge in [0, 0.05) is 23.5 Å². The van der Waals surface area contributed by atoms with Crippen LogP contribution in [0, 0.1) is 6.92 Å². The third kappa shape index (κ3) is 2.66. The molecule has 2 aromatic rings. The van der Waals surface area contributed by atoms with Crippen LogP contribution in [0.5, 0.6) is 5.88 Å². The van der Waals surface area contributed by atoms with Crippen molar-refractivity contribution >= 4 is 11.6 Å². The first-order valence-electron chi connectivity index (χ1n) is 5.58. The van der Waals surface area contributed by atoms with E-state index in [1.165, 1.54) is 7.11 Å². The monoisotopic (exact) mass is 242 g/mol. The summed E-state index contributed by atoms with van der Waals surface area (Å²) in [5.74, 6) is 0.248. The molecule has 0 aliphatic carbocycles. The van der Waals surface area contributed by atoms with Crippen LogP contribution in [0.4, 0.5) is 5.69 Å². The summed E-state index contributed by atoms with van der Waals surface area (Å²) in [5.41, 5.74) is 2.34. The smallest absolute Gasteiger partial charge is 0.255 e. The number of anilines is 1. The van der Waals surface area contributed by atoms with Gasteiger partial charge in [0.05, 0.1) is 7.11 Å². The zero-order valence-electron chi connectivity index (χ0n) is 10.3. The van der Waals surface area contributed by atoms with Crippen LogP contribution in [0.1, 0.15) is 15.9 Å². The number of para-hydroxylation sites is 1. The molecule has 1 amide bonds. The quantitative estimate of drug-likeness (QED) is 0.900. The molecule has 0 bridgehead atoms. The fourth-order valence-corrected chi connectivity index (χ4v) is 1.57. The first kappa shape index (κ1) is 12.1. The van der Waals surface area contributed by atoms with Crippen molar-refractivity contribution in [2.45, 2.75) is 6.92 Å². The molecular formula is C14H14N2O2. The van der Waals surface area contributed by atoms with Gasteiger partial charge >= 0.3 is 0 Å². The molecule has 4 nitrogen and oxygen atoms in total. The van der Waals surface area contributed by atoms with Gasteiger partial charge in [-0.05, 0) is 24.6 Å². The van der Waals surface area contributed by atoms with Crippen molar-refractivity contribution in [1.29, 1.82) is 0 Å². The summed E-state index contributed by atoms with van der Waals surface area (Å²) in [6.07, 6.45) is 1.55. The van der Waals surface area contributed by atoms with E-state index in [2.05, 4.69) is 10.3 Å². The summed E-state index contributed by atoms with van der Waals surface area (Å²) in [5, 5.41) is 2.86. The second-order valence-corrected chi connectivity index (χ2v) is 3.86. The van der Waals surface area contributed by atoms with Gasteiger partial charge < -0.3 is 10.1 Å². The van der Waals surface area contributed by atoms with E-state index < -0.39 is 0 Å². The Bertz CT molecular complexity index is 567. The molecule has 0 atom stereocenters. The van der Waals surface area contributed by atoms with Crippen LogP contribution in [0.25, 0.3) is 0 Å². The van der Waals surface area contributed by atoms with Crippen molar-refractivity contribution in [2.24, 2.45) is 0 Å². The number of rotatable bonds is 3. The second-order valence-electron chi connectivity index (χ2n) is 3.86. The minimum atomic E-state index is -0.176. The fourth-order valence-electron chi connectivity index (χ4n) is 1.57. The maximum atomic E-state index is 12.0. The zero-order chi connectivity index (χ0) is 13.0. The average Bonchev–Trinajstić information content (AvgIpc) is 2.41. The van der Waals surface area contributed by atoms with Crippen molar-refractivity contribution in [3.8, 4) is 5.88 Å². The molecule has 0 spiro atoms. The Morgan fingerprint density at radius 1 is 1.28 bits per heavy atom. The Morgan fingerprint density at radius 3 is 2.78 bits per heavy atom. The topological polar surface area (TPSA) is 51.2 Å². The number of amides is 1. The molecule has 0 saturated carbocycles. The molecule has 0 saturated heterocycles. The molecule has 0 aliphatic heterocycles. The van der Waals surface area contributed by atoms with Gasteiger partial charge in [-0.15, -0.1) is 0 Å². The molecule has 1 aromatic heterocycles. The summed E-state index contributed by atoms with van der Waals surface area (Å²) in [4.78, 5) is 16.0. The van der Waals surface area contributed by atoms with Gasteiger partial charge in [-0.25, -0.2) is 4.98 Å². The Hall–Kier alpha value is -2.36. The molecule has 0 aliphatic rings. The van der Waals surface area contributed by atoms with E-state index in [0.29, 0.717) is 11.4 Å². The molecule has 1 N–H and O–H groups in total. The number of benzene rings is 1. The molecule has 0 unspecified atom stereocenters. The van der Waals surface area contributed by atoms with Gasteiger partial charge in [0.15, 0.2) is 0 Å². The zero-order valence-corrected chi connectivity index (χ0v) is 10.3. The highest BCUT2D eigenvalue weighted by molar-refractivity contribution is 6.04. The van der Waals surface area contributed by atoms with Crippen LogP contribution in [0.15, 0.2) is 42.6 Å². The Balaban J connectivity index is 2.19.